The van der Waals surface area contributed by atoms with Crippen LogP contribution in [-0.2, 0) is 9.53 Å². The molecule has 0 aromatic heterocycles. The zero-order valence-electron chi connectivity index (χ0n) is 15.7. The molecule has 1 unspecified atom stereocenters. The molecule has 2 aliphatic heterocycles. The molecule has 1 atom stereocenters. The maximum absolute atomic E-state index is 12.7. The van der Waals surface area contributed by atoms with Crippen LogP contribution in [-0.4, -0.2) is 102 Å². The Bertz CT molecular complexity index is 492. The van der Waals surface area contributed by atoms with Crippen LogP contribution < -0.4 is 5.32 Å². The lowest BCUT2D eigenvalue weighted by Crippen LogP contribution is -2.58. The zero-order chi connectivity index (χ0) is 18.5. The first-order valence-corrected chi connectivity index (χ1v) is 9.90. The summed E-state index contributed by atoms with van der Waals surface area (Å²) in [7, 11) is 0. The number of urea groups is 1. The highest BCUT2D eigenvalue weighted by molar-refractivity contribution is 5.75. The van der Waals surface area contributed by atoms with Gasteiger partial charge in [-0.1, -0.05) is 6.92 Å². The molecule has 26 heavy (non-hydrogen) atoms. The van der Waals surface area contributed by atoms with Gasteiger partial charge in [0.05, 0.1) is 19.8 Å². The number of amides is 2. The van der Waals surface area contributed by atoms with Gasteiger partial charge in [-0.3, -0.25) is 14.6 Å². The lowest BCUT2D eigenvalue weighted by atomic mass is 9.85. The van der Waals surface area contributed by atoms with Crippen molar-refractivity contribution < 1.29 is 19.4 Å². The minimum Gasteiger partial charge on any atom is -0.480 e. The summed E-state index contributed by atoms with van der Waals surface area (Å²) in [4.78, 5) is 30.0. The quantitative estimate of drug-likeness (QED) is 0.678. The first kappa shape index (κ1) is 19.4. The maximum Gasteiger partial charge on any atom is 0.317 e. The van der Waals surface area contributed by atoms with Crippen LogP contribution in [0.25, 0.3) is 0 Å². The van der Waals surface area contributed by atoms with Crippen molar-refractivity contribution in [2.24, 2.45) is 0 Å². The van der Waals surface area contributed by atoms with Crippen molar-refractivity contribution in [3.63, 3.8) is 0 Å². The Hall–Kier alpha value is -1.38. The lowest BCUT2D eigenvalue weighted by Gasteiger charge is -2.43. The zero-order valence-corrected chi connectivity index (χ0v) is 15.7. The van der Waals surface area contributed by atoms with E-state index in [1.165, 1.54) is 0 Å². The number of nitrogens with zero attached hydrogens (tertiary/aromatic N) is 3. The summed E-state index contributed by atoms with van der Waals surface area (Å²) >= 11 is 0. The number of carboxylic acid groups (broad SMARTS) is 1. The van der Waals surface area contributed by atoms with Crippen LogP contribution in [0.2, 0.25) is 0 Å². The number of likely N-dealkylation sites (N-methyl/N-ethyl adjacent to an activating group) is 1. The van der Waals surface area contributed by atoms with E-state index < -0.39 is 5.97 Å². The van der Waals surface area contributed by atoms with Crippen molar-refractivity contribution in [2.75, 3.05) is 52.5 Å². The van der Waals surface area contributed by atoms with Gasteiger partial charge >= 0.3 is 12.0 Å². The Morgan fingerprint density at radius 1 is 1.23 bits per heavy atom. The van der Waals surface area contributed by atoms with Crippen molar-refractivity contribution >= 4 is 12.0 Å². The third kappa shape index (κ3) is 4.86. The number of carboxylic acids is 1. The van der Waals surface area contributed by atoms with Crippen LogP contribution in [0.4, 0.5) is 4.79 Å². The summed E-state index contributed by atoms with van der Waals surface area (Å²) in [6.45, 7) is 8.03. The van der Waals surface area contributed by atoms with E-state index in [-0.39, 0.29) is 24.7 Å². The van der Waals surface area contributed by atoms with Crippen LogP contribution in [0.1, 0.15) is 32.6 Å². The molecule has 0 radical (unpaired) electrons. The fourth-order valence-electron chi connectivity index (χ4n) is 4.31. The molecule has 0 spiro atoms. The second kappa shape index (κ2) is 9.01. The summed E-state index contributed by atoms with van der Waals surface area (Å²) < 4.78 is 5.40. The second-order valence-electron chi connectivity index (χ2n) is 7.63. The molecule has 0 aromatic carbocycles. The highest BCUT2D eigenvalue weighted by Gasteiger charge is 2.37. The summed E-state index contributed by atoms with van der Waals surface area (Å²) in [5.74, 6) is -0.789. The monoisotopic (exact) mass is 368 g/mol. The Balaban J connectivity index is 1.42. The Kier molecular flexibility index (Phi) is 6.72. The van der Waals surface area contributed by atoms with Crippen molar-refractivity contribution in [3.8, 4) is 0 Å². The Morgan fingerprint density at radius 2 is 1.96 bits per heavy atom. The molecule has 0 bridgehead atoms. The molecular formula is C18H32N4O4. The smallest absolute Gasteiger partial charge is 0.317 e. The summed E-state index contributed by atoms with van der Waals surface area (Å²) in [6, 6.07) is 0.776. The molecular weight excluding hydrogens is 336 g/mol. The Morgan fingerprint density at radius 3 is 2.62 bits per heavy atom. The van der Waals surface area contributed by atoms with E-state index >= 15 is 0 Å². The van der Waals surface area contributed by atoms with Gasteiger partial charge in [0.1, 0.15) is 0 Å². The molecule has 3 rings (SSSR count). The van der Waals surface area contributed by atoms with Gasteiger partial charge in [0.2, 0.25) is 0 Å². The average molecular weight is 368 g/mol. The Labute approximate surface area is 155 Å². The molecule has 3 aliphatic rings. The summed E-state index contributed by atoms with van der Waals surface area (Å²) in [5, 5.41) is 12.1. The number of rotatable bonds is 7. The molecule has 148 valence electrons. The highest BCUT2D eigenvalue weighted by Crippen LogP contribution is 2.26. The van der Waals surface area contributed by atoms with Gasteiger partial charge in [-0.2, -0.15) is 0 Å². The SMILES string of the molecule is CCN(CC(=O)O)C1CC(NC(=O)N2CCCC2CN2CCOCC2)C1. The third-order valence-electron chi connectivity index (χ3n) is 5.91. The van der Waals surface area contributed by atoms with Gasteiger partial charge in [0.15, 0.2) is 0 Å². The van der Waals surface area contributed by atoms with E-state index in [1.807, 2.05) is 16.7 Å². The van der Waals surface area contributed by atoms with E-state index in [1.54, 1.807) is 0 Å². The molecule has 2 saturated heterocycles. The van der Waals surface area contributed by atoms with E-state index in [0.29, 0.717) is 6.04 Å². The number of aliphatic carboxylic acids is 1. The molecule has 1 aliphatic carbocycles. The van der Waals surface area contributed by atoms with Crippen molar-refractivity contribution in [1.82, 2.24) is 20.0 Å². The summed E-state index contributed by atoms with van der Waals surface area (Å²) in [5.41, 5.74) is 0. The van der Waals surface area contributed by atoms with Gasteiger partial charge < -0.3 is 20.1 Å². The van der Waals surface area contributed by atoms with Crippen LogP contribution in [0, 0.1) is 0 Å². The van der Waals surface area contributed by atoms with E-state index in [0.717, 1.165) is 71.6 Å². The van der Waals surface area contributed by atoms with Gasteiger partial charge in [-0.15, -0.1) is 0 Å². The number of carbonyl (C=O) groups excluding carboxylic acids is 1. The topological polar surface area (TPSA) is 85.4 Å². The van der Waals surface area contributed by atoms with Gasteiger partial charge in [-0.05, 0) is 32.2 Å². The number of morpholine rings is 1. The predicted molar refractivity (Wildman–Crippen MR) is 97.2 cm³/mol. The van der Waals surface area contributed by atoms with Crippen LogP contribution in [0.5, 0.6) is 0 Å². The molecule has 3 fully saturated rings. The fourth-order valence-corrected chi connectivity index (χ4v) is 4.31. The number of likely N-dealkylation sites (tertiary alicyclic amines) is 1. The van der Waals surface area contributed by atoms with Crippen LogP contribution in [0.15, 0.2) is 0 Å². The number of hydrogen-bond donors (Lipinski definition) is 2. The predicted octanol–water partition coefficient (Wildman–Crippen LogP) is 0.430. The molecule has 2 heterocycles. The van der Waals surface area contributed by atoms with Crippen molar-refractivity contribution in [1.29, 1.82) is 0 Å². The standard InChI is InChI=1S/C18H32N4O4/c1-2-21(13-17(23)24)16-10-14(11-16)19-18(25)22-5-3-4-15(22)12-20-6-8-26-9-7-20/h14-16H,2-13H2,1H3,(H,19,25)(H,23,24). The first-order valence-electron chi connectivity index (χ1n) is 9.90. The highest BCUT2D eigenvalue weighted by atomic mass is 16.5. The normalized spacial score (nSPS) is 29.6. The third-order valence-corrected chi connectivity index (χ3v) is 5.91. The molecule has 0 aromatic rings. The van der Waals surface area contributed by atoms with Crippen LogP contribution >= 0.6 is 0 Å². The van der Waals surface area contributed by atoms with Crippen molar-refractivity contribution in [2.45, 2.75) is 50.7 Å². The molecule has 8 nitrogen and oxygen atoms in total. The van der Waals surface area contributed by atoms with E-state index in [9.17, 15) is 9.59 Å². The number of nitrogens with one attached hydrogen (secondary N) is 1. The number of carbonyl (C=O) groups is 2. The maximum atomic E-state index is 12.7. The minimum atomic E-state index is -0.789. The second-order valence-corrected chi connectivity index (χ2v) is 7.63. The summed E-state index contributed by atoms with van der Waals surface area (Å²) in [6.07, 6.45) is 3.82. The van der Waals surface area contributed by atoms with Gasteiger partial charge in [-0.25, -0.2) is 4.79 Å². The molecule has 1 saturated carbocycles. The van der Waals surface area contributed by atoms with E-state index in [4.69, 9.17) is 9.84 Å². The average Bonchev–Trinajstić information content (AvgIpc) is 3.04. The van der Waals surface area contributed by atoms with Gasteiger partial charge in [0.25, 0.3) is 0 Å². The van der Waals surface area contributed by atoms with E-state index in [2.05, 4.69) is 10.2 Å². The number of hydrogen-bond acceptors (Lipinski definition) is 5. The van der Waals surface area contributed by atoms with Crippen molar-refractivity contribution in [3.05, 3.63) is 0 Å². The van der Waals surface area contributed by atoms with Crippen LogP contribution in [0.3, 0.4) is 0 Å². The molecule has 8 heteroatoms. The minimum absolute atomic E-state index is 0.0468. The largest absolute Gasteiger partial charge is 0.480 e. The lowest BCUT2D eigenvalue weighted by molar-refractivity contribution is -0.139. The molecule has 2 amide bonds. The first-order chi connectivity index (χ1) is 12.6. The van der Waals surface area contributed by atoms with Gasteiger partial charge in [0, 0.05) is 44.3 Å². The molecule has 2 N–H and O–H groups in total. The number of ether oxygens (including phenoxy) is 1. The fraction of sp³-hybridized carbons (Fsp3) is 0.889.